The molecule has 0 fully saturated rings. The molecule has 1 aliphatic rings. The van der Waals surface area contributed by atoms with E-state index in [-0.39, 0.29) is 12.5 Å². The van der Waals surface area contributed by atoms with Crippen molar-refractivity contribution in [1.82, 2.24) is 5.32 Å². The number of fused-ring (bicyclic) bond motifs is 1. The molecule has 1 aromatic rings. The van der Waals surface area contributed by atoms with Crippen molar-refractivity contribution in [1.29, 1.82) is 0 Å². The second-order valence-corrected chi connectivity index (χ2v) is 4.35. The van der Waals surface area contributed by atoms with Gasteiger partial charge in [0.1, 0.15) is 0 Å². The summed E-state index contributed by atoms with van der Waals surface area (Å²) in [7, 11) is 2.06. The smallest absolute Gasteiger partial charge is 0.251 e. The molecule has 0 radical (unpaired) electrons. The summed E-state index contributed by atoms with van der Waals surface area (Å²) in [6.07, 6.45) is 1.60. The van der Waals surface area contributed by atoms with Crippen LogP contribution in [-0.2, 0) is 6.42 Å². The Hall–Kier alpha value is -1.55. The Bertz CT molecular complexity index is 418. The molecule has 1 aromatic carbocycles. The minimum atomic E-state index is -0.0594. The Morgan fingerprint density at radius 2 is 2.35 bits per heavy atom. The number of benzene rings is 1. The van der Waals surface area contributed by atoms with Gasteiger partial charge >= 0.3 is 0 Å². The third kappa shape index (κ3) is 2.58. The molecule has 0 saturated carbocycles. The van der Waals surface area contributed by atoms with Crippen LogP contribution in [-0.4, -0.2) is 37.8 Å². The number of hydrogen-bond acceptors (Lipinski definition) is 3. The molecule has 0 saturated heterocycles. The molecule has 0 aliphatic carbocycles. The summed E-state index contributed by atoms with van der Waals surface area (Å²) in [5.74, 6) is -0.0594. The zero-order chi connectivity index (χ0) is 12.3. The van der Waals surface area contributed by atoms with Crippen molar-refractivity contribution in [3.8, 4) is 0 Å². The maximum Gasteiger partial charge on any atom is 0.251 e. The van der Waals surface area contributed by atoms with Crippen molar-refractivity contribution in [3.63, 3.8) is 0 Å². The summed E-state index contributed by atoms with van der Waals surface area (Å²) in [5, 5.41) is 11.4. The summed E-state index contributed by atoms with van der Waals surface area (Å²) in [5.41, 5.74) is 3.16. The zero-order valence-electron chi connectivity index (χ0n) is 10.1. The van der Waals surface area contributed by atoms with Crippen LogP contribution < -0.4 is 10.2 Å². The maximum atomic E-state index is 11.8. The lowest BCUT2D eigenvalue weighted by Gasteiger charge is -2.12. The average molecular weight is 234 g/mol. The first-order chi connectivity index (χ1) is 8.22. The van der Waals surface area contributed by atoms with E-state index in [1.165, 1.54) is 11.3 Å². The Morgan fingerprint density at radius 1 is 1.53 bits per heavy atom. The molecule has 4 heteroatoms. The van der Waals surface area contributed by atoms with Gasteiger partial charge in [-0.25, -0.2) is 0 Å². The lowest BCUT2D eigenvalue weighted by Crippen LogP contribution is -2.25. The molecule has 1 heterocycles. The predicted molar refractivity (Wildman–Crippen MR) is 67.5 cm³/mol. The van der Waals surface area contributed by atoms with Crippen molar-refractivity contribution in [2.45, 2.75) is 12.8 Å². The minimum Gasteiger partial charge on any atom is -0.396 e. The van der Waals surface area contributed by atoms with Gasteiger partial charge < -0.3 is 15.3 Å². The number of amides is 1. The third-order valence-corrected chi connectivity index (χ3v) is 3.09. The number of anilines is 1. The van der Waals surface area contributed by atoms with Crippen LogP contribution in [0.1, 0.15) is 22.3 Å². The van der Waals surface area contributed by atoms with Gasteiger partial charge in [-0.3, -0.25) is 4.79 Å². The van der Waals surface area contributed by atoms with E-state index in [0.717, 1.165) is 13.0 Å². The molecule has 0 spiro atoms. The SMILES string of the molecule is CN1CCc2cc(C(=O)NCCCO)ccc21. The largest absolute Gasteiger partial charge is 0.396 e. The summed E-state index contributed by atoms with van der Waals surface area (Å²) >= 11 is 0. The fourth-order valence-electron chi connectivity index (χ4n) is 2.09. The maximum absolute atomic E-state index is 11.8. The third-order valence-electron chi connectivity index (χ3n) is 3.09. The molecule has 92 valence electrons. The van der Waals surface area contributed by atoms with Crippen LogP contribution in [0, 0.1) is 0 Å². The molecule has 1 aliphatic heterocycles. The summed E-state index contributed by atoms with van der Waals surface area (Å²) in [4.78, 5) is 14.0. The number of nitrogens with one attached hydrogen (secondary N) is 1. The zero-order valence-corrected chi connectivity index (χ0v) is 10.1. The average Bonchev–Trinajstić information content (AvgIpc) is 2.71. The number of carbonyl (C=O) groups is 1. The van der Waals surface area contributed by atoms with Crippen molar-refractivity contribution >= 4 is 11.6 Å². The summed E-state index contributed by atoms with van der Waals surface area (Å²) in [6.45, 7) is 1.65. The lowest BCUT2D eigenvalue weighted by atomic mass is 10.1. The standard InChI is InChI=1S/C13H18N2O2/c1-15-7-5-10-9-11(3-4-12(10)15)13(17)14-6-2-8-16/h3-4,9,16H,2,5-8H2,1H3,(H,14,17). The van der Waals surface area contributed by atoms with E-state index < -0.39 is 0 Å². The number of aliphatic hydroxyl groups excluding tert-OH is 1. The monoisotopic (exact) mass is 234 g/mol. The van der Waals surface area contributed by atoms with Crippen molar-refractivity contribution in [2.75, 3.05) is 31.6 Å². The highest BCUT2D eigenvalue weighted by Crippen LogP contribution is 2.27. The minimum absolute atomic E-state index is 0.0594. The van der Waals surface area contributed by atoms with E-state index in [9.17, 15) is 4.79 Å². The number of rotatable bonds is 4. The molecule has 1 amide bonds. The number of nitrogens with zero attached hydrogens (tertiary/aromatic N) is 1. The molecule has 0 unspecified atom stereocenters. The molecular weight excluding hydrogens is 216 g/mol. The first-order valence-electron chi connectivity index (χ1n) is 5.95. The Labute approximate surface area is 101 Å². The van der Waals surface area contributed by atoms with Gasteiger partial charge in [0.2, 0.25) is 0 Å². The fraction of sp³-hybridized carbons (Fsp3) is 0.462. The Kier molecular flexibility index (Phi) is 3.64. The lowest BCUT2D eigenvalue weighted by molar-refractivity contribution is 0.0951. The van der Waals surface area contributed by atoms with Crippen LogP contribution in [0.2, 0.25) is 0 Å². The van der Waals surface area contributed by atoms with Crippen LogP contribution in [0.3, 0.4) is 0 Å². The number of likely N-dealkylation sites (N-methyl/N-ethyl adjacent to an activating group) is 1. The molecular formula is C13H18N2O2. The second kappa shape index (κ2) is 5.19. The van der Waals surface area contributed by atoms with Gasteiger partial charge in [-0.2, -0.15) is 0 Å². The second-order valence-electron chi connectivity index (χ2n) is 4.35. The van der Waals surface area contributed by atoms with Crippen molar-refractivity contribution in [2.24, 2.45) is 0 Å². The van der Waals surface area contributed by atoms with E-state index in [1.807, 2.05) is 18.2 Å². The number of carbonyl (C=O) groups excluding carboxylic acids is 1. The molecule has 2 rings (SSSR count). The van der Waals surface area contributed by atoms with Gasteiger partial charge in [0.25, 0.3) is 5.91 Å². The van der Waals surface area contributed by atoms with Crippen molar-refractivity contribution < 1.29 is 9.90 Å². The molecule has 17 heavy (non-hydrogen) atoms. The summed E-state index contributed by atoms with van der Waals surface area (Å²) < 4.78 is 0. The van der Waals surface area contributed by atoms with Gasteiger partial charge in [0.05, 0.1) is 0 Å². The highest BCUT2D eigenvalue weighted by atomic mass is 16.3. The van der Waals surface area contributed by atoms with Crippen LogP contribution >= 0.6 is 0 Å². The van der Waals surface area contributed by atoms with Gasteiger partial charge in [-0.05, 0) is 36.6 Å². The van der Waals surface area contributed by atoms with Gasteiger partial charge in [-0.1, -0.05) is 0 Å². The number of aliphatic hydroxyl groups is 1. The molecule has 4 nitrogen and oxygen atoms in total. The molecule has 0 bridgehead atoms. The Balaban J connectivity index is 2.05. The highest BCUT2D eigenvalue weighted by Gasteiger charge is 2.17. The van der Waals surface area contributed by atoms with Crippen LogP contribution in [0.5, 0.6) is 0 Å². The topological polar surface area (TPSA) is 52.6 Å². The first kappa shape index (κ1) is 11.9. The summed E-state index contributed by atoms with van der Waals surface area (Å²) in [6, 6.07) is 5.82. The number of hydrogen-bond donors (Lipinski definition) is 2. The van der Waals surface area contributed by atoms with Crippen molar-refractivity contribution in [3.05, 3.63) is 29.3 Å². The fourth-order valence-corrected chi connectivity index (χ4v) is 2.09. The molecule has 2 N–H and O–H groups in total. The van der Waals surface area contributed by atoms with E-state index in [4.69, 9.17) is 5.11 Å². The molecule has 0 aromatic heterocycles. The van der Waals surface area contributed by atoms with E-state index in [1.54, 1.807) is 0 Å². The van der Waals surface area contributed by atoms with Gasteiger partial charge in [-0.15, -0.1) is 0 Å². The van der Waals surface area contributed by atoms with E-state index in [0.29, 0.717) is 18.5 Å². The van der Waals surface area contributed by atoms with Gasteiger partial charge in [0.15, 0.2) is 0 Å². The highest BCUT2D eigenvalue weighted by molar-refractivity contribution is 5.95. The normalized spacial score (nSPS) is 13.6. The van der Waals surface area contributed by atoms with Crippen LogP contribution in [0.4, 0.5) is 5.69 Å². The quantitative estimate of drug-likeness (QED) is 0.757. The van der Waals surface area contributed by atoms with E-state index in [2.05, 4.69) is 17.3 Å². The van der Waals surface area contributed by atoms with Crippen LogP contribution in [0.25, 0.3) is 0 Å². The first-order valence-corrected chi connectivity index (χ1v) is 5.95. The van der Waals surface area contributed by atoms with Gasteiger partial charge in [0, 0.05) is 38.0 Å². The van der Waals surface area contributed by atoms with E-state index >= 15 is 0 Å². The van der Waals surface area contributed by atoms with Crippen LogP contribution in [0.15, 0.2) is 18.2 Å². The molecule has 0 atom stereocenters. The Morgan fingerprint density at radius 3 is 3.12 bits per heavy atom. The predicted octanol–water partition coefficient (Wildman–Crippen LogP) is 0.791.